The van der Waals surface area contributed by atoms with Crippen LogP contribution in [0.2, 0.25) is 0 Å². The normalized spacial score (nSPS) is 20.1. The molecule has 5 nitrogen and oxygen atoms in total. The third-order valence-electron chi connectivity index (χ3n) is 3.02. The highest BCUT2D eigenvalue weighted by atomic mass is 15.2. The van der Waals surface area contributed by atoms with Crippen molar-refractivity contribution in [1.29, 1.82) is 0 Å². The molecule has 1 aliphatic heterocycles. The van der Waals surface area contributed by atoms with Crippen molar-refractivity contribution in [2.75, 3.05) is 37.4 Å². The van der Waals surface area contributed by atoms with Gasteiger partial charge in [0, 0.05) is 32.2 Å². The minimum Gasteiger partial charge on any atom is -0.373 e. The Bertz CT molecular complexity index is 341. The zero-order chi connectivity index (χ0) is 11.4. The van der Waals surface area contributed by atoms with Gasteiger partial charge in [-0.3, -0.25) is 0 Å². The monoisotopic (exact) mass is 221 g/mol. The summed E-state index contributed by atoms with van der Waals surface area (Å²) < 4.78 is 0. The molecule has 16 heavy (non-hydrogen) atoms. The number of hydrogen-bond acceptors (Lipinski definition) is 5. The lowest BCUT2D eigenvalue weighted by atomic mass is 10.2. The summed E-state index contributed by atoms with van der Waals surface area (Å²) in [6, 6.07) is 2.57. The molecule has 0 bridgehead atoms. The van der Waals surface area contributed by atoms with Crippen LogP contribution in [0.1, 0.15) is 12.8 Å². The van der Waals surface area contributed by atoms with Crippen molar-refractivity contribution in [2.24, 2.45) is 0 Å². The van der Waals surface area contributed by atoms with Crippen molar-refractivity contribution in [3.63, 3.8) is 0 Å². The van der Waals surface area contributed by atoms with E-state index in [2.05, 4.69) is 25.5 Å². The number of likely N-dealkylation sites (N-methyl/N-ethyl adjacent to an activating group) is 1. The predicted molar refractivity (Wildman–Crippen MR) is 65.9 cm³/mol. The van der Waals surface area contributed by atoms with Crippen LogP contribution in [0.15, 0.2) is 12.4 Å². The molecular weight excluding hydrogens is 202 g/mol. The molecule has 0 amide bonds. The van der Waals surface area contributed by atoms with E-state index in [1.165, 1.54) is 12.8 Å². The lowest BCUT2D eigenvalue weighted by Crippen LogP contribution is -2.37. The van der Waals surface area contributed by atoms with E-state index in [-0.39, 0.29) is 0 Å². The Kier molecular flexibility index (Phi) is 3.56. The van der Waals surface area contributed by atoms with Crippen LogP contribution >= 0.6 is 0 Å². The molecule has 2 N–H and O–H groups in total. The first kappa shape index (κ1) is 11.1. The fourth-order valence-corrected chi connectivity index (χ4v) is 2.23. The van der Waals surface area contributed by atoms with Gasteiger partial charge < -0.3 is 15.5 Å². The first-order chi connectivity index (χ1) is 7.85. The molecule has 88 valence electrons. The van der Waals surface area contributed by atoms with Crippen molar-refractivity contribution < 1.29 is 0 Å². The van der Waals surface area contributed by atoms with Crippen LogP contribution in [0, 0.1) is 0 Å². The SMILES string of the molecule is CNCC1CCCN1c1cc(NC)ncn1. The average Bonchev–Trinajstić information content (AvgIpc) is 2.78. The molecule has 1 fully saturated rings. The Morgan fingerprint density at radius 2 is 2.31 bits per heavy atom. The third kappa shape index (κ3) is 2.24. The Morgan fingerprint density at radius 1 is 1.44 bits per heavy atom. The van der Waals surface area contributed by atoms with Crippen LogP contribution in [0.25, 0.3) is 0 Å². The summed E-state index contributed by atoms with van der Waals surface area (Å²) in [5.41, 5.74) is 0. The molecule has 5 heteroatoms. The Labute approximate surface area is 96.3 Å². The van der Waals surface area contributed by atoms with Crippen LogP contribution in [0.4, 0.5) is 11.6 Å². The number of aromatic nitrogens is 2. The molecule has 0 radical (unpaired) electrons. The fraction of sp³-hybridized carbons (Fsp3) is 0.636. The van der Waals surface area contributed by atoms with E-state index in [9.17, 15) is 0 Å². The van der Waals surface area contributed by atoms with Crippen LogP contribution in [0.5, 0.6) is 0 Å². The number of hydrogen-bond donors (Lipinski definition) is 2. The molecule has 1 aromatic rings. The number of anilines is 2. The Hall–Kier alpha value is -1.36. The van der Waals surface area contributed by atoms with E-state index in [1.54, 1.807) is 6.33 Å². The zero-order valence-electron chi connectivity index (χ0n) is 9.90. The summed E-state index contributed by atoms with van der Waals surface area (Å²) in [6.45, 7) is 2.10. The highest BCUT2D eigenvalue weighted by Crippen LogP contribution is 2.24. The molecule has 1 unspecified atom stereocenters. The van der Waals surface area contributed by atoms with Crippen LogP contribution in [-0.4, -0.2) is 43.2 Å². The maximum Gasteiger partial charge on any atom is 0.134 e. The van der Waals surface area contributed by atoms with Gasteiger partial charge >= 0.3 is 0 Å². The molecule has 1 aliphatic rings. The second-order valence-electron chi connectivity index (χ2n) is 4.06. The van der Waals surface area contributed by atoms with Gasteiger partial charge in [0.2, 0.25) is 0 Å². The average molecular weight is 221 g/mol. The fourth-order valence-electron chi connectivity index (χ4n) is 2.23. The summed E-state index contributed by atoms with van der Waals surface area (Å²) in [6.07, 6.45) is 4.10. The van der Waals surface area contributed by atoms with Crippen LogP contribution in [0.3, 0.4) is 0 Å². The molecule has 0 aromatic carbocycles. The minimum atomic E-state index is 0.560. The second kappa shape index (κ2) is 5.12. The molecule has 0 aliphatic carbocycles. The standard InChI is InChI=1S/C11H19N5/c1-12-7-9-4-3-5-16(9)11-6-10(13-2)14-8-15-11/h6,8-9,12H,3-5,7H2,1-2H3,(H,13,14,15). The van der Waals surface area contributed by atoms with Gasteiger partial charge in [0.05, 0.1) is 0 Å². The number of nitrogens with one attached hydrogen (secondary N) is 2. The summed E-state index contributed by atoms with van der Waals surface area (Å²) in [7, 11) is 3.87. The van der Waals surface area contributed by atoms with Gasteiger partial charge in [-0.05, 0) is 19.9 Å². The van der Waals surface area contributed by atoms with E-state index in [0.717, 1.165) is 24.7 Å². The smallest absolute Gasteiger partial charge is 0.134 e. The first-order valence-corrected chi connectivity index (χ1v) is 5.76. The second-order valence-corrected chi connectivity index (χ2v) is 4.06. The largest absolute Gasteiger partial charge is 0.373 e. The van der Waals surface area contributed by atoms with Gasteiger partial charge in [-0.1, -0.05) is 0 Å². The van der Waals surface area contributed by atoms with Crippen molar-refractivity contribution in [3.05, 3.63) is 12.4 Å². The molecule has 2 heterocycles. The number of nitrogens with zero attached hydrogens (tertiary/aromatic N) is 3. The highest BCUT2D eigenvalue weighted by molar-refractivity contribution is 5.49. The molecule has 2 rings (SSSR count). The van der Waals surface area contributed by atoms with Crippen LogP contribution < -0.4 is 15.5 Å². The van der Waals surface area contributed by atoms with Gasteiger partial charge in [0.15, 0.2) is 0 Å². The third-order valence-corrected chi connectivity index (χ3v) is 3.02. The van der Waals surface area contributed by atoms with Crippen molar-refractivity contribution >= 4 is 11.6 Å². The predicted octanol–water partition coefficient (Wildman–Crippen LogP) is 0.706. The van der Waals surface area contributed by atoms with E-state index in [0.29, 0.717) is 6.04 Å². The van der Waals surface area contributed by atoms with E-state index >= 15 is 0 Å². The Morgan fingerprint density at radius 3 is 3.06 bits per heavy atom. The lowest BCUT2D eigenvalue weighted by molar-refractivity contribution is 0.611. The summed E-state index contributed by atoms with van der Waals surface area (Å²) in [4.78, 5) is 10.8. The van der Waals surface area contributed by atoms with E-state index in [4.69, 9.17) is 0 Å². The molecular formula is C11H19N5. The van der Waals surface area contributed by atoms with E-state index in [1.807, 2.05) is 20.2 Å². The molecule has 1 atom stereocenters. The van der Waals surface area contributed by atoms with Gasteiger partial charge in [0.25, 0.3) is 0 Å². The Balaban J connectivity index is 2.15. The molecule has 1 aromatic heterocycles. The molecule has 1 saturated heterocycles. The quantitative estimate of drug-likeness (QED) is 0.784. The minimum absolute atomic E-state index is 0.560. The topological polar surface area (TPSA) is 53.1 Å². The van der Waals surface area contributed by atoms with Gasteiger partial charge in [-0.25, -0.2) is 9.97 Å². The summed E-state index contributed by atoms with van der Waals surface area (Å²) in [5, 5.41) is 6.28. The van der Waals surface area contributed by atoms with Gasteiger partial charge in [-0.15, -0.1) is 0 Å². The van der Waals surface area contributed by atoms with Crippen molar-refractivity contribution in [1.82, 2.24) is 15.3 Å². The van der Waals surface area contributed by atoms with Gasteiger partial charge in [-0.2, -0.15) is 0 Å². The first-order valence-electron chi connectivity index (χ1n) is 5.76. The maximum atomic E-state index is 4.35. The number of rotatable bonds is 4. The summed E-state index contributed by atoms with van der Waals surface area (Å²) >= 11 is 0. The van der Waals surface area contributed by atoms with Gasteiger partial charge in [0.1, 0.15) is 18.0 Å². The molecule has 0 saturated carbocycles. The zero-order valence-corrected chi connectivity index (χ0v) is 9.90. The van der Waals surface area contributed by atoms with Crippen molar-refractivity contribution in [2.45, 2.75) is 18.9 Å². The molecule has 0 spiro atoms. The lowest BCUT2D eigenvalue weighted by Gasteiger charge is -2.25. The van der Waals surface area contributed by atoms with E-state index < -0.39 is 0 Å². The highest BCUT2D eigenvalue weighted by Gasteiger charge is 2.24. The summed E-state index contributed by atoms with van der Waals surface area (Å²) in [5.74, 6) is 1.90. The van der Waals surface area contributed by atoms with Crippen LogP contribution in [-0.2, 0) is 0 Å². The van der Waals surface area contributed by atoms with Crippen molar-refractivity contribution in [3.8, 4) is 0 Å². The maximum absolute atomic E-state index is 4.35.